The van der Waals surface area contributed by atoms with Crippen molar-refractivity contribution < 1.29 is 23.8 Å². The molecule has 2 aliphatic heterocycles. The van der Waals surface area contributed by atoms with Gasteiger partial charge in [0, 0.05) is 19.6 Å². The van der Waals surface area contributed by atoms with E-state index in [1.165, 1.54) is 6.21 Å². The molecule has 0 radical (unpaired) electrons. The zero-order chi connectivity index (χ0) is 18.2. The number of amides is 2. The Kier molecular flexibility index (Phi) is 6.39. The molecule has 2 heterocycles. The van der Waals surface area contributed by atoms with E-state index in [2.05, 4.69) is 20.7 Å². The number of morpholine rings is 1. The van der Waals surface area contributed by atoms with E-state index < -0.39 is 11.8 Å². The first-order chi connectivity index (χ1) is 12.7. The van der Waals surface area contributed by atoms with E-state index in [0.29, 0.717) is 18.0 Å². The lowest BCUT2D eigenvalue weighted by atomic mass is 10.2. The monoisotopic (exact) mass is 362 g/mol. The van der Waals surface area contributed by atoms with Crippen LogP contribution in [0.2, 0.25) is 0 Å². The summed E-state index contributed by atoms with van der Waals surface area (Å²) in [6, 6.07) is 5.27. The molecule has 2 aliphatic rings. The van der Waals surface area contributed by atoms with Gasteiger partial charge in [-0.15, -0.1) is 0 Å². The Labute approximate surface area is 151 Å². The van der Waals surface area contributed by atoms with Gasteiger partial charge in [-0.2, -0.15) is 5.10 Å². The number of rotatable bonds is 6. The maximum absolute atomic E-state index is 11.7. The van der Waals surface area contributed by atoms with Crippen LogP contribution in [0.4, 0.5) is 0 Å². The molecule has 1 aromatic rings. The number of benzene rings is 1. The average Bonchev–Trinajstić information content (AvgIpc) is 3.13. The summed E-state index contributed by atoms with van der Waals surface area (Å²) >= 11 is 0. The molecule has 0 atom stereocenters. The maximum Gasteiger partial charge on any atom is 0.329 e. The molecule has 140 valence electrons. The van der Waals surface area contributed by atoms with Crippen LogP contribution in [0.3, 0.4) is 0 Å². The highest BCUT2D eigenvalue weighted by Crippen LogP contribution is 2.31. The number of carbonyl (C=O) groups is 2. The van der Waals surface area contributed by atoms with Gasteiger partial charge >= 0.3 is 11.8 Å². The molecular formula is C17H22N4O5. The molecule has 1 fully saturated rings. The number of fused-ring (bicyclic) bond motifs is 1. The molecular weight excluding hydrogens is 340 g/mol. The summed E-state index contributed by atoms with van der Waals surface area (Å²) in [6.45, 7) is 4.81. The fourth-order valence-electron chi connectivity index (χ4n) is 2.62. The molecule has 2 amide bonds. The van der Waals surface area contributed by atoms with Gasteiger partial charge in [0.15, 0.2) is 11.5 Å². The van der Waals surface area contributed by atoms with Crippen molar-refractivity contribution in [2.45, 2.75) is 6.42 Å². The molecule has 0 unspecified atom stereocenters. The van der Waals surface area contributed by atoms with Crippen LogP contribution >= 0.6 is 0 Å². The highest BCUT2D eigenvalue weighted by atomic mass is 16.7. The Morgan fingerprint density at radius 3 is 2.81 bits per heavy atom. The van der Waals surface area contributed by atoms with E-state index in [1.807, 2.05) is 0 Å². The fourth-order valence-corrected chi connectivity index (χ4v) is 2.62. The largest absolute Gasteiger partial charge is 0.454 e. The third kappa shape index (κ3) is 5.17. The minimum absolute atomic E-state index is 0.193. The minimum Gasteiger partial charge on any atom is -0.454 e. The maximum atomic E-state index is 11.7. The second-order valence-corrected chi connectivity index (χ2v) is 5.88. The Hall–Kier alpha value is -2.65. The third-order valence-electron chi connectivity index (χ3n) is 4.02. The number of nitrogens with zero attached hydrogens (tertiary/aromatic N) is 2. The number of hydrazone groups is 1. The van der Waals surface area contributed by atoms with Crippen molar-refractivity contribution in [3.63, 3.8) is 0 Å². The normalized spacial score (nSPS) is 16.6. The van der Waals surface area contributed by atoms with Gasteiger partial charge in [0.2, 0.25) is 6.79 Å². The van der Waals surface area contributed by atoms with Crippen molar-refractivity contribution in [1.82, 2.24) is 15.6 Å². The van der Waals surface area contributed by atoms with Crippen LogP contribution in [0, 0.1) is 0 Å². The molecule has 0 saturated carbocycles. The van der Waals surface area contributed by atoms with Crippen LogP contribution in [0.5, 0.6) is 11.5 Å². The first-order valence-electron chi connectivity index (χ1n) is 8.53. The number of hydrogen-bond acceptors (Lipinski definition) is 7. The minimum atomic E-state index is -0.798. The zero-order valence-electron chi connectivity index (χ0n) is 14.4. The number of hydrogen-bond donors (Lipinski definition) is 2. The predicted octanol–water partition coefficient (Wildman–Crippen LogP) is -0.296. The fraction of sp³-hybridized carbons (Fsp3) is 0.471. The van der Waals surface area contributed by atoms with Crippen LogP contribution in [0.1, 0.15) is 12.0 Å². The van der Waals surface area contributed by atoms with Gasteiger partial charge < -0.3 is 19.5 Å². The first kappa shape index (κ1) is 18.2. The Morgan fingerprint density at radius 1 is 1.15 bits per heavy atom. The summed E-state index contributed by atoms with van der Waals surface area (Å²) < 4.78 is 15.7. The second kappa shape index (κ2) is 9.16. The standard InChI is InChI=1S/C17H22N4O5/c22-16(18-4-1-5-21-6-8-24-9-7-21)17(23)20-19-11-13-2-3-14-15(10-13)26-12-25-14/h2-3,10-11H,1,4-9,12H2,(H,18,22)(H,20,23)/b19-11+. The summed E-state index contributed by atoms with van der Waals surface area (Å²) in [4.78, 5) is 25.7. The lowest BCUT2D eigenvalue weighted by Crippen LogP contribution is -2.40. The first-order valence-corrected chi connectivity index (χ1v) is 8.53. The molecule has 9 nitrogen and oxygen atoms in total. The summed E-state index contributed by atoms with van der Waals surface area (Å²) in [5.74, 6) is -0.205. The van der Waals surface area contributed by atoms with Gasteiger partial charge in [0.25, 0.3) is 0 Å². The van der Waals surface area contributed by atoms with Gasteiger partial charge in [-0.1, -0.05) is 0 Å². The molecule has 1 saturated heterocycles. The lowest BCUT2D eigenvalue weighted by molar-refractivity contribution is -0.139. The van der Waals surface area contributed by atoms with E-state index in [0.717, 1.165) is 44.8 Å². The molecule has 0 aromatic heterocycles. The topological polar surface area (TPSA) is 101 Å². The van der Waals surface area contributed by atoms with Gasteiger partial charge in [-0.3, -0.25) is 14.5 Å². The molecule has 0 bridgehead atoms. The van der Waals surface area contributed by atoms with E-state index in [9.17, 15) is 9.59 Å². The van der Waals surface area contributed by atoms with Crippen LogP contribution in [0.25, 0.3) is 0 Å². The highest BCUT2D eigenvalue weighted by molar-refractivity contribution is 6.35. The predicted molar refractivity (Wildman–Crippen MR) is 93.2 cm³/mol. The average molecular weight is 362 g/mol. The zero-order valence-corrected chi connectivity index (χ0v) is 14.4. The summed E-state index contributed by atoms with van der Waals surface area (Å²) in [7, 11) is 0. The summed E-state index contributed by atoms with van der Waals surface area (Å²) in [5, 5.41) is 6.37. The SMILES string of the molecule is O=C(NCCCN1CCOCC1)C(=O)N/N=C/c1ccc2c(c1)OCO2. The number of ether oxygens (including phenoxy) is 3. The van der Waals surface area contributed by atoms with Crippen molar-refractivity contribution in [1.29, 1.82) is 0 Å². The molecule has 3 rings (SSSR count). The number of carbonyl (C=O) groups excluding carboxylic acids is 2. The van der Waals surface area contributed by atoms with Gasteiger partial charge in [0.1, 0.15) is 0 Å². The van der Waals surface area contributed by atoms with Crippen molar-refractivity contribution >= 4 is 18.0 Å². The smallest absolute Gasteiger partial charge is 0.329 e. The van der Waals surface area contributed by atoms with Crippen molar-refractivity contribution in [2.24, 2.45) is 5.10 Å². The Bertz CT molecular complexity index is 673. The Balaban J connectivity index is 1.34. The second-order valence-electron chi connectivity index (χ2n) is 5.88. The van der Waals surface area contributed by atoms with Crippen LogP contribution in [-0.2, 0) is 14.3 Å². The summed E-state index contributed by atoms with van der Waals surface area (Å²) in [5.41, 5.74) is 2.93. The molecule has 9 heteroatoms. The Morgan fingerprint density at radius 2 is 1.96 bits per heavy atom. The quantitative estimate of drug-likeness (QED) is 0.312. The van der Waals surface area contributed by atoms with Gasteiger partial charge in [-0.25, -0.2) is 5.43 Å². The van der Waals surface area contributed by atoms with Crippen LogP contribution < -0.4 is 20.2 Å². The highest BCUT2D eigenvalue weighted by Gasteiger charge is 2.14. The van der Waals surface area contributed by atoms with E-state index in [-0.39, 0.29) is 6.79 Å². The van der Waals surface area contributed by atoms with E-state index >= 15 is 0 Å². The molecule has 0 spiro atoms. The molecule has 26 heavy (non-hydrogen) atoms. The van der Waals surface area contributed by atoms with E-state index in [4.69, 9.17) is 14.2 Å². The summed E-state index contributed by atoms with van der Waals surface area (Å²) in [6.07, 6.45) is 2.21. The van der Waals surface area contributed by atoms with Crippen LogP contribution in [-0.4, -0.2) is 69.1 Å². The van der Waals surface area contributed by atoms with Crippen molar-refractivity contribution in [3.05, 3.63) is 23.8 Å². The van der Waals surface area contributed by atoms with Gasteiger partial charge in [0.05, 0.1) is 19.4 Å². The van der Waals surface area contributed by atoms with Crippen molar-refractivity contribution in [2.75, 3.05) is 46.2 Å². The third-order valence-corrected chi connectivity index (χ3v) is 4.02. The van der Waals surface area contributed by atoms with E-state index in [1.54, 1.807) is 18.2 Å². The van der Waals surface area contributed by atoms with Crippen LogP contribution in [0.15, 0.2) is 23.3 Å². The molecule has 1 aromatic carbocycles. The van der Waals surface area contributed by atoms with Crippen molar-refractivity contribution in [3.8, 4) is 11.5 Å². The number of nitrogens with one attached hydrogen (secondary N) is 2. The molecule has 2 N–H and O–H groups in total. The van der Waals surface area contributed by atoms with Gasteiger partial charge in [-0.05, 0) is 36.7 Å². The molecule has 0 aliphatic carbocycles. The lowest BCUT2D eigenvalue weighted by Gasteiger charge is -2.26.